The van der Waals surface area contributed by atoms with E-state index in [-0.39, 0.29) is 28.4 Å². The molecule has 3 aromatic rings. The number of nitrogens with zero attached hydrogens (tertiary/aromatic N) is 2. The molecule has 10 heteroatoms. The average molecular weight is 487 g/mol. The second-order valence-corrected chi connectivity index (χ2v) is 8.74. The third kappa shape index (κ3) is 4.34. The van der Waals surface area contributed by atoms with Gasteiger partial charge >= 0.3 is 0 Å². The SMILES string of the molecule is C=CC(=O)Nc1cc(C(=O)Nc2cc(-c3cc4c([nH]3)C3(C=NC4=O)CCCNC3)ccn2)ccc1F. The first kappa shape index (κ1) is 23.3. The Morgan fingerprint density at radius 2 is 2.03 bits per heavy atom. The smallest absolute Gasteiger partial charge is 0.278 e. The van der Waals surface area contributed by atoms with Gasteiger partial charge in [-0.3, -0.25) is 14.4 Å². The summed E-state index contributed by atoms with van der Waals surface area (Å²) in [5.41, 5.74) is 2.45. The molecule has 0 saturated carbocycles. The van der Waals surface area contributed by atoms with Gasteiger partial charge in [-0.1, -0.05) is 6.58 Å². The number of H-pyrrole nitrogens is 1. The highest BCUT2D eigenvalue weighted by atomic mass is 19.1. The molecule has 0 bridgehead atoms. The van der Waals surface area contributed by atoms with Gasteiger partial charge in [-0.2, -0.15) is 0 Å². The van der Waals surface area contributed by atoms with Crippen LogP contribution in [0.3, 0.4) is 0 Å². The van der Waals surface area contributed by atoms with Crippen LogP contribution in [0.15, 0.2) is 60.2 Å². The van der Waals surface area contributed by atoms with E-state index >= 15 is 0 Å². The first-order valence-corrected chi connectivity index (χ1v) is 11.4. The maximum absolute atomic E-state index is 14.0. The topological polar surface area (TPSA) is 128 Å². The number of hydrogen-bond donors (Lipinski definition) is 4. The Morgan fingerprint density at radius 3 is 2.81 bits per heavy atom. The normalized spacial score (nSPS) is 18.5. The van der Waals surface area contributed by atoms with Gasteiger partial charge in [0.05, 0.1) is 16.7 Å². The monoisotopic (exact) mass is 486 g/mol. The number of aromatic amines is 1. The molecule has 1 aromatic carbocycles. The fraction of sp³-hybridized carbons (Fsp3) is 0.192. The molecule has 1 spiro atoms. The molecular formula is C26H23FN6O3. The minimum absolute atomic E-state index is 0.132. The number of benzene rings is 1. The summed E-state index contributed by atoms with van der Waals surface area (Å²) in [6, 6.07) is 8.86. The standard InChI is InChI=1S/C26H23FN6O3/c1-2-22(34)31-20-10-16(4-5-18(20)27)24(35)33-21-11-15(6-9-29-21)19-12-17-23(32-19)26(14-30-25(17)36)7-3-8-28-13-26/h2,4-6,9-12,14,28,32H,1,3,7-8,13H2,(H,31,34)(H,29,33,35). The van der Waals surface area contributed by atoms with Crippen molar-refractivity contribution in [2.45, 2.75) is 18.3 Å². The molecule has 4 N–H and O–H groups in total. The average Bonchev–Trinajstić information content (AvgIpc) is 3.36. The summed E-state index contributed by atoms with van der Waals surface area (Å²) in [4.78, 5) is 48.6. The fourth-order valence-corrected chi connectivity index (χ4v) is 4.54. The summed E-state index contributed by atoms with van der Waals surface area (Å²) in [5, 5.41) is 8.40. The maximum atomic E-state index is 14.0. The number of piperidine rings is 1. The van der Waals surface area contributed by atoms with Crippen LogP contribution in [0.5, 0.6) is 0 Å². The molecule has 1 unspecified atom stereocenters. The molecule has 3 amide bonds. The van der Waals surface area contributed by atoms with Crippen LogP contribution >= 0.6 is 0 Å². The van der Waals surface area contributed by atoms with Crippen LogP contribution in [-0.2, 0) is 10.2 Å². The number of nitrogens with one attached hydrogen (secondary N) is 4. The Balaban J connectivity index is 1.40. The molecule has 5 rings (SSSR count). The van der Waals surface area contributed by atoms with E-state index in [4.69, 9.17) is 0 Å². The second kappa shape index (κ2) is 9.31. The number of aromatic nitrogens is 2. The van der Waals surface area contributed by atoms with Crippen LogP contribution in [0.4, 0.5) is 15.9 Å². The highest BCUT2D eigenvalue weighted by Gasteiger charge is 2.40. The second-order valence-electron chi connectivity index (χ2n) is 8.74. The van der Waals surface area contributed by atoms with E-state index in [1.807, 2.05) is 0 Å². The number of halogens is 1. The Morgan fingerprint density at radius 1 is 1.17 bits per heavy atom. The van der Waals surface area contributed by atoms with Crippen LogP contribution in [0.2, 0.25) is 0 Å². The van der Waals surface area contributed by atoms with E-state index in [0.29, 0.717) is 17.8 Å². The zero-order chi connectivity index (χ0) is 25.3. The lowest BCUT2D eigenvalue weighted by molar-refractivity contribution is -0.111. The third-order valence-corrected chi connectivity index (χ3v) is 6.38. The molecule has 9 nitrogen and oxygen atoms in total. The summed E-state index contributed by atoms with van der Waals surface area (Å²) in [5.74, 6) is -1.83. The van der Waals surface area contributed by atoms with E-state index in [0.717, 1.165) is 42.8 Å². The van der Waals surface area contributed by atoms with Crippen LogP contribution in [0, 0.1) is 5.82 Å². The number of fused-ring (bicyclic) bond motifs is 2. The van der Waals surface area contributed by atoms with E-state index in [1.165, 1.54) is 12.1 Å². The number of rotatable bonds is 5. The number of anilines is 2. The lowest BCUT2D eigenvalue weighted by Crippen LogP contribution is -2.47. The Hall–Kier alpha value is -4.44. The zero-order valence-electron chi connectivity index (χ0n) is 19.2. The first-order valence-electron chi connectivity index (χ1n) is 11.4. The van der Waals surface area contributed by atoms with Crippen LogP contribution in [0.25, 0.3) is 11.3 Å². The molecule has 0 aliphatic carbocycles. The molecule has 2 aliphatic rings. The number of hydrogen-bond acceptors (Lipinski definition) is 5. The van der Waals surface area contributed by atoms with Gasteiger partial charge in [-0.15, -0.1) is 0 Å². The highest BCUT2D eigenvalue weighted by Crippen LogP contribution is 2.37. The van der Waals surface area contributed by atoms with Crippen molar-refractivity contribution in [1.29, 1.82) is 0 Å². The minimum atomic E-state index is -0.679. The molecule has 1 saturated heterocycles. The Bertz CT molecular complexity index is 1420. The fourth-order valence-electron chi connectivity index (χ4n) is 4.54. The van der Waals surface area contributed by atoms with Gasteiger partial charge in [0.25, 0.3) is 11.8 Å². The van der Waals surface area contributed by atoms with Crippen molar-refractivity contribution in [1.82, 2.24) is 15.3 Å². The van der Waals surface area contributed by atoms with Crippen molar-refractivity contribution >= 4 is 35.4 Å². The summed E-state index contributed by atoms with van der Waals surface area (Å²) < 4.78 is 14.0. The maximum Gasteiger partial charge on any atom is 0.278 e. The van der Waals surface area contributed by atoms with E-state index in [9.17, 15) is 18.8 Å². The van der Waals surface area contributed by atoms with Crippen molar-refractivity contribution in [2.24, 2.45) is 4.99 Å². The molecule has 36 heavy (non-hydrogen) atoms. The molecule has 2 aromatic heterocycles. The Kier molecular flexibility index (Phi) is 6.03. The van der Waals surface area contributed by atoms with Crippen molar-refractivity contribution < 1.29 is 18.8 Å². The molecule has 0 radical (unpaired) electrons. The van der Waals surface area contributed by atoms with E-state index in [2.05, 4.69) is 37.5 Å². The van der Waals surface area contributed by atoms with Gasteiger partial charge in [-0.05, 0) is 61.9 Å². The first-order chi connectivity index (χ1) is 17.4. The zero-order valence-corrected chi connectivity index (χ0v) is 19.2. The van der Waals surface area contributed by atoms with Crippen molar-refractivity contribution in [3.05, 3.63) is 77.9 Å². The Labute approximate surface area is 205 Å². The molecule has 2 aliphatic heterocycles. The molecular weight excluding hydrogens is 463 g/mol. The van der Waals surface area contributed by atoms with Gasteiger partial charge in [0, 0.05) is 41.5 Å². The minimum Gasteiger partial charge on any atom is -0.357 e. The third-order valence-electron chi connectivity index (χ3n) is 6.38. The summed E-state index contributed by atoms with van der Waals surface area (Å²) >= 11 is 0. The lowest BCUT2D eigenvalue weighted by Gasteiger charge is -2.35. The number of carbonyl (C=O) groups is 3. The highest BCUT2D eigenvalue weighted by molar-refractivity contribution is 6.07. The number of carbonyl (C=O) groups excluding carboxylic acids is 3. The summed E-state index contributed by atoms with van der Waals surface area (Å²) in [6.07, 6.45) is 6.15. The number of amides is 3. The van der Waals surface area contributed by atoms with E-state index in [1.54, 1.807) is 30.6 Å². The van der Waals surface area contributed by atoms with Gasteiger partial charge in [0.2, 0.25) is 5.91 Å². The predicted octanol–water partition coefficient (Wildman–Crippen LogP) is 3.44. The molecule has 1 fully saturated rings. The van der Waals surface area contributed by atoms with Crippen molar-refractivity contribution in [3.63, 3.8) is 0 Å². The predicted molar refractivity (Wildman–Crippen MR) is 134 cm³/mol. The van der Waals surface area contributed by atoms with Gasteiger partial charge in [0.1, 0.15) is 11.6 Å². The van der Waals surface area contributed by atoms with Gasteiger partial charge in [-0.25, -0.2) is 14.4 Å². The van der Waals surface area contributed by atoms with Crippen molar-refractivity contribution in [2.75, 3.05) is 23.7 Å². The molecule has 182 valence electrons. The van der Waals surface area contributed by atoms with Gasteiger partial charge in [0.15, 0.2) is 0 Å². The number of aliphatic imine (C=N–C) groups is 1. The largest absolute Gasteiger partial charge is 0.357 e. The summed E-state index contributed by atoms with van der Waals surface area (Å²) in [7, 11) is 0. The lowest BCUT2D eigenvalue weighted by atomic mass is 9.76. The van der Waals surface area contributed by atoms with E-state index < -0.39 is 17.6 Å². The van der Waals surface area contributed by atoms with Crippen molar-refractivity contribution in [3.8, 4) is 11.3 Å². The number of pyridine rings is 1. The van der Waals surface area contributed by atoms with Gasteiger partial charge < -0.3 is 20.9 Å². The summed E-state index contributed by atoms with van der Waals surface area (Å²) in [6.45, 7) is 4.95. The van der Waals surface area contributed by atoms with Crippen LogP contribution < -0.4 is 16.0 Å². The quantitative estimate of drug-likeness (QED) is 0.411. The molecule has 4 heterocycles. The van der Waals surface area contributed by atoms with Crippen LogP contribution in [0.1, 0.15) is 39.3 Å². The van der Waals surface area contributed by atoms with Crippen LogP contribution in [-0.4, -0.2) is 47.0 Å². The molecule has 1 atom stereocenters.